The molecule has 1 aromatic rings. The van der Waals surface area contributed by atoms with E-state index in [1.165, 1.54) is 29.5 Å². The van der Waals surface area contributed by atoms with Crippen LogP contribution in [0.4, 0.5) is 0 Å². The van der Waals surface area contributed by atoms with E-state index < -0.39 is 5.97 Å². The van der Waals surface area contributed by atoms with Gasteiger partial charge in [-0.1, -0.05) is 13.8 Å². The van der Waals surface area contributed by atoms with Gasteiger partial charge in [-0.25, -0.2) is 4.98 Å². The Balaban J connectivity index is 2.81. The Morgan fingerprint density at radius 3 is 2.68 bits per heavy atom. The van der Waals surface area contributed by atoms with Gasteiger partial charge in [0, 0.05) is 19.6 Å². The van der Waals surface area contributed by atoms with Crippen molar-refractivity contribution in [3.63, 3.8) is 0 Å². The molecule has 0 unspecified atom stereocenters. The van der Waals surface area contributed by atoms with E-state index in [-0.39, 0.29) is 24.9 Å². The molecule has 1 heterocycles. The molecule has 106 valence electrons. The lowest BCUT2D eigenvalue weighted by atomic mass is 10.2. The second kappa shape index (κ2) is 7.20. The van der Waals surface area contributed by atoms with Gasteiger partial charge in [0.05, 0.1) is 17.8 Å². The Morgan fingerprint density at radius 2 is 2.21 bits per heavy atom. The number of ether oxygens (including phenoxy) is 1. The van der Waals surface area contributed by atoms with Crippen LogP contribution in [-0.2, 0) is 9.53 Å². The lowest BCUT2D eigenvalue weighted by Gasteiger charge is -2.19. The van der Waals surface area contributed by atoms with Crippen LogP contribution in [0.5, 0.6) is 0 Å². The lowest BCUT2D eigenvalue weighted by molar-refractivity contribution is -0.137. The number of hydrogen-bond donors (Lipinski definition) is 1. The summed E-state index contributed by atoms with van der Waals surface area (Å²) in [6.07, 6.45) is 1.50. The Bertz CT molecular complexity index is 445. The van der Waals surface area contributed by atoms with Gasteiger partial charge in [0.2, 0.25) is 0 Å². The molecule has 6 nitrogen and oxygen atoms in total. The highest BCUT2D eigenvalue weighted by atomic mass is 32.1. The van der Waals surface area contributed by atoms with E-state index in [2.05, 4.69) is 4.98 Å². The number of nitrogens with zero attached hydrogens (tertiary/aromatic N) is 2. The Labute approximate surface area is 116 Å². The molecule has 0 aromatic carbocycles. The number of carboxylic acid groups (broad SMARTS) is 1. The van der Waals surface area contributed by atoms with Crippen LogP contribution >= 0.6 is 11.3 Å². The summed E-state index contributed by atoms with van der Waals surface area (Å²) >= 11 is 1.30. The summed E-state index contributed by atoms with van der Waals surface area (Å²) < 4.78 is 4.88. The quantitative estimate of drug-likeness (QED) is 0.820. The summed E-state index contributed by atoms with van der Waals surface area (Å²) in [6.45, 7) is 4.20. The van der Waals surface area contributed by atoms with Gasteiger partial charge < -0.3 is 14.7 Å². The second-order valence-electron chi connectivity index (χ2n) is 4.33. The van der Waals surface area contributed by atoms with Crippen molar-refractivity contribution in [3.8, 4) is 0 Å². The number of carbonyl (C=O) groups excluding carboxylic acids is 1. The normalized spacial score (nSPS) is 10.7. The van der Waals surface area contributed by atoms with Crippen LogP contribution in [0.2, 0.25) is 0 Å². The van der Waals surface area contributed by atoms with E-state index in [0.29, 0.717) is 11.5 Å². The van der Waals surface area contributed by atoms with Gasteiger partial charge in [0.1, 0.15) is 11.4 Å². The van der Waals surface area contributed by atoms with Crippen molar-refractivity contribution in [3.05, 3.63) is 16.1 Å². The standard InChI is InChI=1S/C12H18N2O4S/c1-8(2)11-13-6-9(19-11)12(17)14(4-5-18-3)7-10(15)16/h6,8H,4-5,7H2,1-3H3,(H,15,16). The predicted molar refractivity (Wildman–Crippen MR) is 71.6 cm³/mol. The molecule has 0 spiro atoms. The molecule has 19 heavy (non-hydrogen) atoms. The van der Waals surface area contributed by atoms with Crippen molar-refractivity contribution in [1.29, 1.82) is 0 Å². The zero-order valence-electron chi connectivity index (χ0n) is 11.3. The number of carbonyl (C=O) groups is 2. The largest absolute Gasteiger partial charge is 0.480 e. The number of rotatable bonds is 7. The molecule has 1 rings (SSSR count). The van der Waals surface area contributed by atoms with Crippen LogP contribution in [-0.4, -0.2) is 53.7 Å². The molecule has 0 fully saturated rings. The first-order chi connectivity index (χ1) is 8.95. The summed E-state index contributed by atoms with van der Waals surface area (Å²) in [4.78, 5) is 28.9. The molecule has 0 bridgehead atoms. The molecule has 0 atom stereocenters. The Kier molecular flexibility index (Phi) is 5.91. The summed E-state index contributed by atoms with van der Waals surface area (Å²) in [6, 6.07) is 0. The van der Waals surface area contributed by atoms with Crippen molar-refractivity contribution in [2.24, 2.45) is 0 Å². The topological polar surface area (TPSA) is 79.7 Å². The Hall–Kier alpha value is -1.47. The Morgan fingerprint density at radius 1 is 1.53 bits per heavy atom. The average molecular weight is 286 g/mol. The first-order valence-corrected chi connectivity index (χ1v) is 6.73. The van der Waals surface area contributed by atoms with Crippen LogP contribution in [0, 0.1) is 0 Å². The molecule has 0 radical (unpaired) electrons. The third-order valence-electron chi connectivity index (χ3n) is 2.41. The first-order valence-electron chi connectivity index (χ1n) is 5.91. The minimum absolute atomic E-state index is 0.247. The van der Waals surface area contributed by atoms with Crippen molar-refractivity contribution in [2.45, 2.75) is 19.8 Å². The van der Waals surface area contributed by atoms with Crippen molar-refractivity contribution in [2.75, 3.05) is 26.8 Å². The summed E-state index contributed by atoms with van der Waals surface area (Å²) in [5, 5.41) is 9.69. The maximum atomic E-state index is 12.2. The molecule has 0 aliphatic rings. The average Bonchev–Trinajstić information content (AvgIpc) is 2.82. The van der Waals surface area contributed by atoms with E-state index >= 15 is 0 Å². The summed E-state index contributed by atoms with van der Waals surface area (Å²) in [5.41, 5.74) is 0. The van der Waals surface area contributed by atoms with Gasteiger partial charge in [-0.15, -0.1) is 11.3 Å². The molecule has 0 saturated heterocycles. The van der Waals surface area contributed by atoms with Gasteiger partial charge in [-0.3, -0.25) is 9.59 Å². The highest BCUT2D eigenvalue weighted by molar-refractivity contribution is 7.13. The minimum Gasteiger partial charge on any atom is -0.480 e. The van der Waals surface area contributed by atoms with Crippen LogP contribution < -0.4 is 0 Å². The number of hydrogen-bond acceptors (Lipinski definition) is 5. The number of amides is 1. The monoisotopic (exact) mass is 286 g/mol. The molecule has 1 N–H and O–H groups in total. The summed E-state index contributed by atoms with van der Waals surface area (Å²) in [7, 11) is 1.51. The van der Waals surface area contributed by atoms with E-state index in [1.54, 1.807) is 0 Å². The van der Waals surface area contributed by atoms with E-state index in [0.717, 1.165) is 5.01 Å². The molecule has 0 saturated carbocycles. The molecule has 1 amide bonds. The zero-order valence-corrected chi connectivity index (χ0v) is 12.1. The smallest absolute Gasteiger partial charge is 0.323 e. The zero-order chi connectivity index (χ0) is 14.4. The van der Waals surface area contributed by atoms with Crippen molar-refractivity contribution in [1.82, 2.24) is 9.88 Å². The fourth-order valence-corrected chi connectivity index (χ4v) is 2.31. The third kappa shape index (κ3) is 4.60. The van der Waals surface area contributed by atoms with Gasteiger partial charge in [-0.2, -0.15) is 0 Å². The molecule has 1 aromatic heterocycles. The van der Waals surface area contributed by atoms with Gasteiger partial charge in [0.15, 0.2) is 0 Å². The van der Waals surface area contributed by atoms with Crippen LogP contribution in [0.1, 0.15) is 34.4 Å². The molecule has 0 aliphatic heterocycles. The number of aliphatic carboxylic acids is 1. The van der Waals surface area contributed by atoms with Crippen molar-refractivity contribution >= 4 is 23.2 Å². The van der Waals surface area contributed by atoms with Gasteiger partial charge >= 0.3 is 5.97 Å². The molecule has 7 heteroatoms. The molecule has 0 aliphatic carbocycles. The van der Waals surface area contributed by atoms with Crippen LogP contribution in [0.15, 0.2) is 6.20 Å². The number of methoxy groups -OCH3 is 1. The van der Waals surface area contributed by atoms with E-state index in [9.17, 15) is 9.59 Å². The van der Waals surface area contributed by atoms with Crippen LogP contribution in [0.25, 0.3) is 0 Å². The molecular formula is C12H18N2O4S. The fourth-order valence-electron chi connectivity index (χ4n) is 1.43. The third-order valence-corrected chi connectivity index (χ3v) is 3.69. The van der Waals surface area contributed by atoms with Crippen LogP contribution in [0.3, 0.4) is 0 Å². The predicted octanol–water partition coefficient (Wildman–Crippen LogP) is 1.44. The maximum Gasteiger partial charge on any atom is 0.323 e. The van der Waals surface area contributed by atoms with E-state index in [4.69, 9.17) is 9.84 Å². The highest BCUT2D eigenvalue weighted by Gasteiger charge is 2.21. The van der Waals surface area contributed by atoms with E-state index in [1.807, 2.05) is 13.8 Å². The fraction of sp³-hybridized carbons (Fsp3) is 0.583. The number of carboxylic acids is 1. The summed E-state index contributed by atoms with van der Waals surface area (Å²) in [5.74, 6) is -1.11. The van der Waals surface area contributed by atoms with Gasteiger partial charge in [-0.05, 0) is 0 Å². The first kappa shape index (κ1) is 15.6. The number of aromatic nitrogens is 1. The minimum atomic E-state index is -1.04. The van der Waals surface area contributed by atoms with Crippen molar-refractivity contribution < 1.29 is 19.4 Å². The highest BCUT2D eigenvalue weighted by Crippen LogP contribution is 2.22. The molecular weight excluding hydrogens is 268 g/mol. The maximum absolute atomic E-state index is 12.2. The second-order valence-corrected chi connectivity index (χ2v) is 5.39. The lowest BCUT2D eigenvalue weighted by Crippen LogP contribution is -2.37. The van der Waals surface area contributed by atoms with Gasteiger partial charge in [0.25, 0.3) is 5.91 Å². The SMILES string of the molecule is COCCN(CC(=O)O)C(=O)c1cnc(C(C)C)s1. The number of thiazole rings is 1.